The highest BCUT2D eigenvalue weighted by molar-refractivity contribution is 7.88. The van der Waals surface area contributed by atoms with Gasteiger partial charge in [-0.15, -0.1) is 0 Å². The summed E-state index contributed by atoms with van der Waals surface area (Å²) < 4.78 is 32.6. The zero-order valence-electron chi connectivity index (χ0n) is 18.7. The standard InChI is InChI=1S/C25H32N2O4S/c1-31-23-12-10-22(11-13-23)25(14-6-3-7-15-25)24(28)26-16-18-27(19-17-26)32(29,30)20-21-8-4-2-5-9-21/h2,4-5,8-13H,3,6-7,14-20H2,1H3. The molecule has 4 rings (SSSR count). The molecule has 1 saturated heterocycles. The van der Waals surface area contributed by atoms with Gasteiger partial charge >= 0.3 is 0 Å². The first kappa shape index (κ1) is 22.8. The van der Waals surface area contributed by atoms with Crippen molar-refractivity contribution in [1.82, 2.24) is 9.21 Å². The fraction of sp³-hybridized carbons (Fsp3) is 0.480. The first-order valence-electron chi connectivity index (χ1n) is 11.4. The predicted octanol–water partition coefficient (Wildman–Crippen LogP) is 3.57. The van der Waals surface area contributed by atoms with E-state index in [4.69, 9.17) is 4.74 Å². The molecule has 1 aliphatic heterocycles. The van der Waals surface area contributed by atoms with Gasteiger partial charge in [0.1, 0.15) is 5.75 Å². The molecule has 0 aromatic heterocycles. The third kappa shape index (κ3) is 4.69. The van der Waals surface area contributed by atoms with Gasteiger partial charge < -0.3 is 9.64 Å². The van der Waals surface area contributed by atoms with Crippen LogP contribution in [-0.2, 0) is 26.0 Å². The van der Waals surface area contributed by atoms with Gasteiger partial charge in [0.25, 0.3) is 0 Å². The molecule has 0 N–H and O–H groups in total. The molecule has 0 spiro atoms. The molecule has 172 valence electrons. The normalized spacial score (nSPS) is 19.5. The van der Waals surface area contributed by atoms with Gasteiger partial charge in [0.15, 0.2) is 0 Å². The number of piperazine rings is 1. The minimum atomic E-state index is -3.40. The Bertz CT molecular complexity index is 1010. The lowest BCUT2D eigenvalue weighted by atomic mass is 9.68. The van der Waals surface area contributed by atoms with Crippen molar-refractivity contribution in [3.05, 3.63) is 65.7 Å². The van der Waals surface area contributed by atoms with Crippen LogP contribution in [0.3, 0.4) is 0 Å². The second-order valence-electron chi connectivity index (χ2n) is 8.80. The fourth-order valence-corrected chi connectivity index (χ4v) is 6.56. The van der Waals surface area contributed by atoms with Gasteiger partial charge in [-0.25, -0.2) is 8.42 Å². The van der Waals surface area contributed by atoms with Gasteiger partial charge in [0.2, 0.25) is 15.9 Å². The van der Waals surface area contributed by atoms with E-state index >= 15 is 0 Å². The SMILES string of the molecule is COc1ccc(C2(C(=O)N3CCN(S(=O)(=O)Cc4ccccc4)CC3)CCCCC2)cc1. The number of rotatable bonds is 6. The van der Waals surface area contributed by atoms with E-state index in [-0.39, 0.29) is 11.7 Å². The van der Waals surface area contributed by atoms with Gasteiger partial charge in [-0.05, 0) is 36.1 Å². The zero-order chi connectivity index (χ0) is 22.6. The number of carbonyl (C=O) groups excluding carboxylic acids is 1. The third-order valence-electron chi connectivity index (χ3n) is 6.87. The fourth-order valence-electron chi connectivity index (χ4n) is 5.04. The van der Waals surface area contributed by atoms with E-state index in [1.807, 2.05) is 59.5 Å². The summed E-state index contributed by atoms with van der Waals surface area (Å²) in [6.07, 6.45) is 4.89. The van der Waals surface area contributed by atoms with Crippen LogP contribution >= 0.6 is 0 Å². The summed E-state index contributed by atoms with van der Waals surface area (Å²) in [7, 11) is -1.76. The molecule has 7 heteroatoms. The summed E-state index contributed by atoms with van der Waals surface area (Å²) in [5, 5.41) is 0. The summed E-state index contributed by atoms with van der Waals surface area (Å²) >= 11 is 0. The molecule has 1 amide bonds. The maximum absolute atomic E-state index is 13.8. The van der Waals surface area contributed by atoms with E-state index in [0.717, 1.165) is 49.0 Å². The van der Waals surface area contributed by atoms with Crippen LogP contribution in [0.2, 0.25) is 0 Å². The highest BCUT2D eigenvalue weighted by Crippen LogP contribution is 2.41. The monoisotopic (exact) mass is 456 g/mol. The van der Waals surface area contributed by atoms with Crippen molar-refractivity contribution in [1.29, 1.82) is 0 Å². The highest BCUT2D eigenvalue weighted by Gasteiger charge is 2.44. The average Bonchev–Trinajstić information content (AvgIpc) is 2.84. The van der Waals surface area contributed by atoms with Gasteiger partial charge in [-0.1, -0.05) is 61.7 Å². The number of benzene rings is 2. The number of nitrogens with zero attached hydrogens (tertiary/aromatic N) is 2. The summed E-state index contributed by atoms with van der Waals surface area (Å²) in [4.78, 5) is 15.7. The first-order chi connectivity index (χ1) is 15.4. The lowest BCUT2D eigenvalue weighted by Gasteiger charge is -2.43. The van der Waals surface area contributed by atoms with Gasteiger partial charge in [-0.3, -0.25) is 4.79 Å². The lowest BCUT2D eigenvalue weighted by molar-refractivity contribution is -0.140. The second kappa shape index (κ2) is 9.63. The minimum Gasteiger partial charge on any atom is -0.497 e. The van der Waals surface area contributed by atoms with Crippen molar-refractivity contribution in [2.75, 3.05) is 33.3 Å². The van der Waals surface area contributed by atoms with E-state index in [2.05, 4.69) is 0 Å². The molecule has 0 atom stereocenters. The smallest absolute Gasteiger partial charge is 0.233 e. The Labute approximate surface area is 191 Å². The number of hydrogen-bond acceptors (Lipinski definition) is 4. The molecule has 1 saturated carbocycles. The number of carbonyl (C=O) groups is 1. The second-order valence-corrected chi connectivity index (χ2v) is 10.8. The summed E-state index contributed by atoms with van der Waals surface area (Å²) in [5.74, 6) is 0.921. The molecule has 6 nitrogen and oxygen atoms in total. The Morgan fingerprint density at radius 3 is 2.12 bits per heavy atom. The third-order valence-corrected chi connectivity index (χ3v) is 8.72. The number of ether oxygens (including phenoxy) is 1. The van der Waals surface area contributed by atoms with Gasteiger partial charge in [0, 0.05) is 26.2 Å². The Kier molecular flexibility index (Phi) is 6.86. The van der Waals surface area contributed by atoms with Gasteiger partial charge in [-0.2, -0.15) is 4.31 Å². The van der Waals surface area contributed by atoms with Crippen LogP contribution in [0.25, 0.3) is 0 Å². The van der Waals surface area contributed by atoms with Crippen LogP contribution in [0.15, 0.2) is 54.6 Å². The number of methoxy groups -OCH3 is 1. The molecule has 0 unspecified atom stereocenters. The van der Waals surface area contributed by atoms with Crippen molar-refractivity contribution in [3.63, 3.8) is 0 Å². The number of hydrogen-bond donors (Lipinski definition) is 0. The van der Waals surface area contributed by atoms with Crippen molar-refractivity contribution < 1.29 is 17.9 Å². The molecular formula is C25H32N2O4S. The maximum atomic E-state index is 13.8. The Morgan fingerprint density at radius 2 is 1.53 bits per heavy atom. The minimum absolute atomic E-state index is 0.00241. The number of sulfonamides is 1. The first-order valence-corrected chi connectivity index (χ1v) is 13.0. The predicted molar refractivity (Wildman–Crippen MR) is 125 cm³/mol. The molecule has 2 fully saturated rings. The molecule has 0 bridgehead atoms. The van der Waals surface area contributed by atoms with Crippen LogP contribution in [0, 0.1) is 0 Å². The number of amides is 1. The highest BCUT2D eigenvalue weighted by atomic mass is 32.2. The molecule has 2 aliphatic rings. The Morgan fingerprint density at radius 1 is 0.906 bits per heavy atom. The lowest BCUT2D eigenvalue weighted by Crippen LogP contribution is -2.56. The van der Waals surface area contributed by atoms with Crippen LogP contribution in [0.4, 0.5) is 0 Å². The quantitative estimate of drug-likeness (QED) is 0.667. The van der Waals surface area contributed by atoms with E-state index in [1.54, 1.807) is 7.11 Å². The molecule has 1 aliphatic carbocycles. The van der Waals surface area contributed by atoms with Crippen LogP contribution < -0.4 is 4.74 Å². The van der Waals surface area contributed by atoms with E-state index in [0.29, 0.717) is 26.2 Å². The summed E-state index contributed by atoms with van der Waals surface area (Å²) in [6, 6.07) is 17.1. The van der Waals surface area contributed by atoms with Gasteiger partial charge in [0.05, 0.1) is 18.3 Å². The Hall–Kier alpha value is -2.38. The Balaban J connectivity index is 1.47. The molecule has 2 aromatic rings. The zero-order valence-corrected chi connectivity index (χ0v) is 19.5. The topological polar surface area (TPSA) is 66.9 Å². The van der Waals surface area contributed by atoms with Crippen molar-refractivity contribution in [2.45, 2.75) is 43.3 Å². The molecule has 0 radical (unpaired) electrons. The van der Waals surface area contributed by atoms with Crippen LogP contribution in [0.1, 0.15) is 43.2 Å². The van der Waals surface area contributed by atoms with Crippen LogP contribution in [-0.4, -0.2) is 56.8 Å². The molecular weight excluding hydrogens is 424 g/mol. The van der Waals surface area contributed by atoms with E-state index in [1.165, 1.54) is 4.31 Å². The molecule has 1 heterocycles. The molecule has 32 heavy (non-hydrogen) atoms. The molecule has 2 aromatic carbocycles. The van der Waals surface area contributed by atoms with Crippen molar-refractivity contribution in [2.24, 2.45) is 0 Å². The van der Waals surface area contributed by atoms with Crippen molar-refractivity contribution in [3.8, 4) is 5.75 Å². The van der Waals surface area contributed by atoms with Crippen LogP contribution in [0.5, 0.6) is 5.75 Å². The average molecular weight is 457 g/mol. The summed E-state index contributed by atoms with van der Waals surface area (Å²) in [6.45, 7) is 1.56. The summed E-state index contributed by atoms with van der Waals surface area (Å²) in [5.41, 5.74) is 1.31. The largest absolute Gasteiger partial charge is 0.497 e. The van der Waals surface area contributed by atoms with E-state index in [9.17, 15) is 13.2 Å². The van der Waals surface area contributed by atoms with E-state index < -0.39 is 15.4 Å². The van der Waals surface area contributed by atoms with Crippen molar-refractivity contribution >= 4 is 15.9 Å². The maximum Gasteiger partial charge on any atom is 0.233 e.